The number of halogens is 4. The molecular formula is C25H20BrF3N4O5S. The van der Waals surface area contributed by atoms with Gasteiger partial charge in [-0.2, -0.15) is 13.2 Å². The number of aliphatic hydroxyl groups is 1. The zero-order valence-electron chi connectivity index (χ0n) is 20.0. The van der Waals surface area contributed by atoms with E-state index in [0.29, 0.717) is 15.5 Å². The lowest BCUT2D eigenvalue weighted by Gasteiger charge is -2.28. The summed E-state index contributed by atoms with van der Waals surface area (Å²) in [6.45, 7) is 0.950. The standard InChI is InChI=1S/C25H20BrF3N4O5S/c1-2-38-23(34)24(35,25(27,28)29)15-7-11-17(12-8-15)30-21-22(32-20-6-4-3-5-19(20)31-21)33-39(36,37)18-13-9-16(26)10-14-18/h3-14,35H,2H2,1H3,(H,30,31)(H,32,33). The summed E-state index contributed by atoms with van der Waals surface area (Å²) in [5, 5.41) is 13.1. The SMILES string of the molecule is CCOC(=O)C(O)(c1ccc(Nc2nc3ccccc3nc2NS(=O)(=O)c2ccc(Br)cc2)cc1)C(F)(F)F. The van der Waals surface area contributed by atoms with E-state index >= 15 is 0 Å². The molecule has 0 radical (unpaired) electrons. The van der Waals surface area contributed by atoms with Crippen LogP contribution in [0, 0.1) is 0 Å². The average Bonchev–Trinajstić information content (AvgIpc) is 2.88. The van der Waals surface area contributed by atoms with E-state index in [9.17, 15) is 31.5 Å². The highest BCUT2D eigenvalue weighted by Gasteiger charge is 2.62. The number of alkyl halides is 3. The van der Waals surface area contributed by atoms with E-state index < -0.39 is 33.3 Å². The first-order valence-electron chi connectivity index (χ1n) is 11.2. The topological polar surface area (TPSA) is 131 Å². The van der Waals surface area contributed by atoms with Crippen molar-refractivity contribution in [2.45, 2.75) is 23.6 Å². The first-order chi connectivity index (χ1) is 18.3. The molecule has 0 saturated carbocycles. The number of para-hydroxylation sites is 2. The van der Waals surface area contributed by atoms with E-state index in [1.807, 2.05) is 0 Å². The second-order valence-corrected chi connectivity index (χ2v) is 10.7. The fourth-order valence-corrected chi connectivity index (χ4v) is 4.80. The molecule has 39 heavy (non-hydrogen) atoms. The number of fused-ring (bicyclic) bond motifs is 1. The van der Waals surface area contributed by atoms with Gasteiger partial charge < -0.3 is 15.2 Å². The molecule has 1 unspecified atom stereocenters. The minimum Gasteiger partial charge on any atom is -0.463 e. The molecule has 0 aliphatic rings. The lowest BCUT2D eigenvalue weighted by atomic mass is 9.93. The van der Waals surface area contributed by atoms with Crippen molar-refractivity contribution in [3.8, 4) is 0 Å². The number of anilines is 3. The number of benzene rings is 3. The molecule has 9 nitrogen and oxygen atoms in total. The molecule has 4 rings (SSSR count). The Balaban J connectivity index is 1.71. The van der Waals surface area contributed by atoms with Crippen LogP contribution in [0.2, 0.25) is 0 Å². The van der Waals surface area contributed by atoms with E-state index in [0.717, 1.165) is 24.3 Å². The van der Waals surface area contributed by atoms with Gasteiger partial charge in [0.25, 0.3) is 15.6 Å². The number of nitrogens with zero attached hydrogens (tertiary/aromatic N) is 2. The summed E-state index contributed by atoms with van der Waals surface area (Å²) in [6, 6.07) is 16.7. The molecule has 0 amide bonds. The second-order valence-electron chi connectivity index (χ2n) is 8.10. The molecule has 204 valence electrons. The molecule has 0 aliphatic carbocycles. The Hall–Kier alpha value is -3.75. The number of nitrogens with one attached hydrogen (secondary N) is 2. The number of hydrogen-bond acceptors (Lipinski definition) is 8. The Morgan fingerprint density at radius 3 is 2.05 bits per heavy atom. The molecule has 0 aliphatic heterocycles. The van der Waals surface area contributed by atoms with Gasteiger partial charge in [-0.3, -0.25) is 4.72 Å². The molecule has 3 aromatic carbocycles. The van der Waals surface area contributed by atoms with Crippen molar-refractivity contribution >= 4 is 60.3 Å². The molecule has 0 fully saturated rings. The lowest BCUT2D eigenvalue weighted by Crippen LogP contribution is -2.50. The van der Waals surface area contributed by atoms with Gasteiger partial charge in [0.1, 0.15) is 0 Å². The molecule has 1 atom stereocenters. The third kappa shape index (κ3) is 5.82. The predicted molar refractivity (Wildman–Crippen MR) is 141 cm³/mol. The van der Waals surface area contributed by atoms with Crippen molar-refractivity contribution in [1.29, 1.82) is 0 Å². The fraction of sp³-hybridized carbons (Fsp3) is 0.160. The van der Waals surface area contributed by atoms with Crippen LogP contribution in [0.5, 0.6) is 0 Å². The largest absolute Gasteiger partial charge is 0.463 e. The van der Waals surface area contributed by atoms with Gasteiger partial charge in [0.05, 0.1) is 22.5 Å². The molecule has 1 heterocycles. The van der Waals surface area contributed by atoms with Crippen LogP contribution in [0.1, 0.15) is 12.5 Å². The van der Waals surface area contributed by atoms with Crippen LogP contribution < -0.4 is 10.0 Å². The zero-order chi connectivity index (χ0) is 28.4. The maximum atomic E-state index is 13.7. The van der Waals surface area contributed by atoms with Crippen LogP contribution in [-0.2, 0) is 25.2 Å². The molecule has 4 aromatic rings. The number of rotatable bonds is 8. The lowest BCUT2D eigenvalue weighted by molar-refractivity contribution is -0.267. The minimum atomic E-state index is -5.35. The summed E-state index contributed by atoms with van der Waals surface area (Å²) < 4.78 is 74.6. The number of ether oxygens (including phenoxy) is 1. The molecule has 1 aromatic heterocycles. The normalized spacial score (nSPS) is 13.5. The number of carbonyl (C=O) groups is 1. The Morgan fingerprint density at radius 1 is 0.949 bits per heavy atom. The summed E-state index contributed by atoms with van der Waals surface area (Å²) in [7, 11) is -4.09. The molecular weight excluding hydrogens is 605 g/mol. The van der Waals surface area contributed by atoms with Gasteiger partial charge in [0.15, 0.2) is 11.6 Å². The van der Waals surface area contributed by atoms with Crippen molar-refractivity contribution in [3.05, 3.63) is 82.8 Å². The van der Waals surface area contributed by atoms with Gasteiger partial charge in [-0.25, -0.2) is 23.2 Å². The van der Waals surface area contributed by atoms with Gasteiger partial charge in [-0.15, -0.1) is 0 Å². The highest BCUT2D eigenvalue weighted by molar-refractivity contribution is 9.10. The third-order valence-electron chi connectivity index (χ3n) is 5.47. The van der Waals surface area contributed by atoms with Gasteiger partial charge in [-0.05, 0) is 55.5 Å². The van der Waals surface area contributed by atoms with Gasteiger partial charge in [-0.1, -0.05) is 40.2 Å². The number of carbonyl (C=O) groups excluding carboxylic acids is 1. The monoisotopic (exact) mass is 624 g/mol. The zero-order valence-corrected chi connectivity index (χ0v) is 22.4. The van der Waals surface area contributed by atoms with Crippen molar-refractivity contribution < 1.29 is 36.2 Å². The Kier molecular flexibility index (Phi) is 7.82. The van der Waals surface area contributed by atoms with Crippen LogP contribution in [0.25, 0.3) is 11.0 Å². The van der Waals surface area contributed by atoms with E-state index in [1.165, 1.54) is 19.1 Å². The molecule has 0 bridgehead atoms. The van der Waals surface area contributed by atoms with Crippen molar-refractivity contribution in [3.63, 3.8) is 0 Å². The van der Waals surface area contributed by atoms with E-state index in [2.05, 4.69) is 40.7 Å². The number of hydrogen-bond donors (Lipinski definition) is 3. The quantitative estimate of drug-likeness (QED) is 0.227. The maximum Gasteiger partial charge on any atom is 0.432 e. The average molecular weight is 625 g/mol. The van der Waals surface area contributed by atoms with Gasteiger partial charge in [0.2, 0.25) is 0 Å². The van der Waals surface area contributed by atoms with Gasteiger partial charge in [0, 0.05) is 15.7 Å². The van der Waals surface area contributed by atoms with Gasteiger partial charge >= 0.3 is 12.1 Å². The smallest absolute Gasteiger partial charge is 0.432 e. The summed E-state index contributed by atoms with van der Waals surface area (Å²) >= 11 is 3.25. The Morgan fingerprint density at radius 2 is 1.51 bits per heavy atom. The Labute approximate surface area is 229 Å². The highest BCUT2D eigenvalue weighted by Crippen LogP contribution is 2.40. The van der Waals surface area contributed by atoms with Crippen molar-refractivity contribution in [1.82, 2.24) is 9.97 Å². The molecule has 0 saturated heterocycles. The van der Waals surface area contributed by atoms with E-state index in [-0.39, 0.29) is 28.8 Å². The highest BCUT2D eigenvalue weighted by atomic mass is 79.9. The minimum absolute atomic E-state index is 0.0404. The first-order valence-corrected chi connectivity index (χ1v) is 13.5. The van der Waals surface area contributed by atoms with E-state index in [4.69, 9.17) is 0 Å². The number of esters is 1. The maximum absolute atomic E-state index is 13.7. The molecule has 14 heteroatoms. The summed E-state index contributed by atoms with van der Waals surface area (Å²) in [4.78, 5) is 20.8. The number of sulfonamides is 1. The summed E-state index contributed by atoms with van der Waals surface area (Å²) in [5.74, 6) is -2.07. The summed E-state index contributed by atoms with van der Waals surface area (Å²) in [5.41, 5.74) is -3.68. The second kappa shape index (κ2) is 10.8. The molecule has 0 spiro atoms. The van der Waals surface area contributed by atoms with Crippen LogP contribution >= 0.6 is 15.9 Å². The summed E-state index contributed by atoms with van der Waals surface area (Å²) in [6.07, 6.45) is -5.35. The van der Waals surface area contributed by atoms with E-state index in [1.54, 1.807) is 36.4 Å². The number of aromatic nitrogens is 2. The fourth-order valence-electron chi connectivity index (χ4n) is 3.52. The van der Waals surface area contributed by atoms with Crippen molar-refractivity contribution in [2.24, 2.45) is 0 Å². The van der Waals surface area contributed by atoms with Crippen LogP contribution in [0.4, 0.5) is 30.5 Å². The van der Waals surface area contributed by atoms with Crippen LogP contribution in [0.3, 0.4) is 0 Å². The third-order valence-corrected chi connectivity index (χ3v) is 7.36. The van der Waals surface area contributed by atoms with Crippen LogP contribution in [-0.4, -0.2) is 42.2 Å². The van der Waals surface area contributed by atoms with Crippen LogP contribution in [0.15, 0.2) is 82.2 Å². The van der Waals surface area contributed by atoms with Crippen molar-refractivity contribution in [2.75, 3.05) is 16.6 Å². The first kappa shape index (κ1) is 28.3. The Bertz CT molecular complexity index is 1620. The predicted octanol–water partition coefficient (Wildman–Crippen LogP) is 5.25. The molecule has 3 N–H and O–H groups in total.